The Hall–Kier alpha value is -5.83. The number of H-pyrrole nitrogens is 1. The number of aromatic nitrogens is 5. The van der Waals surface area contributed by atoms with Crippen molar-refractivity contribution in [1.82, 2.24) is 30.3 Å². The number of anilines is 1. The normalized spacial score (nSPS) is 12.0. The summed E-state index contributed by atoms with van der Waals surface area (Å²) in [7, 11) is 0. The van der Waals surface area contributed by atoms with Gasteiger partial charge in [0.2, 0.25) is 11.8 Å². The standard InChI is InChI=1S/C34H27N7O2/c42-32(22-40-31-17-9-8-16-30(31)38-39-40)41(25-18-24-12-4-6-14-28(24)35-20-25)33(27-21-36-29-15-7-5-13-26(27)29)34(43)37-19-23-10-2-1-3-11-23/h1-18,20-21,33,36H,19,22H2,(H,37,43). The largest absolute Gasteiger partial charge is 0.361 e. The quantitative estimate of drug-likeness (QED) is 0.251. The first-order valence-electron chi connectivity index (χ1n) is 14.0. The molecule has 0 aliphatic carbocycles. The van der Waals surface area contributed by atoms with Crippen LogP contribution in [0.5, 0.6) is 0 Å². The van der Waals surface area contributed by atoms with Crippen LogP contribution in [0.15, 0.2) is 122 Å². The van der Waals surface area contributed by atoms with E-state index in [0.717, 1.165) is 32.9 Å². The summed E-state index contributed by atoms with van der Waals surface area (Å²) in [5.41, 5.74) is 5.19. The monoisotopic (exact) mass is 565 g/mol. The maximum atomic E-state index is 14.5. The molecule has 7 rings (SSSR count). The Morgan fingerprint density at radius 1 is 0.860 bits per heavy atom. The van der Waals surface area contributed by atoms with E-state index in [-0.39, 0.29) is 18.4 Å². The first kappa shape index (κ1) is 26.1. The molecule has 0 spiro atoms. The molecule has 0 aliphatic heterocycles. The second-order valence-electron chi connectivity index (χ2n) is 10.3. The summed E-state index contributed by atoms with van der Waals surface area (Å²) in [6.45, 7) is 0.183. The number of amides is 2. The van der Waals surface area contributed by atoms with Gasteiger partial charge in [-0.1, -0.05) is 84.1 Å². The van der Waals surface area contributed by atoms with E-state index in [2.05, 4.69) is 25.6 Å². The Balaban J connectivity index is 1.36. The molecule has 43 heavy (non-hydrogen) atoms. The number of aromatic amines is 1. The minimum atomic E-state index is -1.01. The number of carbonyl (C=O) groups is 2. The maximum Gasteiger partial charge on any atom is 0.249 e. The van der Waals surface area contributed by atoms with Crippen LogP contribution in [0, 0.1) is 0 Å². The predicted octanol–water partition coefficient (Wildman–Crippen LogP) is 5.55. The number of benzene rings is 4. The molecule has 1 atom stereocenters. The van der Waals surface area contributed by atoms with Crippen LogP contribution in [0.3, 0.4) is 0 Å². The lowest BCUT2D eigenvalue weighted by Gasteiger charge is -2.31. The van der Waals surface area contributed by atoms with Crippen LogP contribution in [-0.2, 0) is 22.7 Å². The van der Waals surface area contributed by atoms with Crippen LogP contribution in [0.4, 0.5) is 5.69 Å². The summed E-state index contributed by atoms with van der Waals surface area (Å²) in [4.78, 5) is 38.2. The molecule has 2 amide bonds. The van der Waals surface area contributed by atoms with Crippen molar-refractivity contribution >= 4 is 50.3 Å². The van der Waals surface area contributed by atoms with Crippen LogP contribution in [0.1, 0.15) is 17.2 Å². The fourth-order valence-corrected chi connectivity index (χ4v) is 5.47. The van der Waals surface area contributed by atoms with E-state index >= 15 is 0 Å². The van der Waals surface area contributed by atoms with E-state index in [1.807, 2.05) is 109 Å². The van der Waals surface area contributed by atoms with Crippen molar-refractivity contribution in [2.24, 2.45) is 0 Å². The Kier molecular flexibility index (Phi) is 6.80. The molecular formula is C34H27N7O2. The molecule has 0 fully saturated rings. The van der Waals surface area contributed by atoms with Gasteiger partial charge in [0.05, 0.1) is 22.9 Å². The Morgan fingerprint density at radius 2 is 1.60 bits per heavy atom. The van der Waals surface area contributed by atoms with Crippen molar-refractivity contribution in [2.45, 2.75) is 19.1 Å². The van der Waals surface area contributed by atoms with Crippen molar-refractivity contribution in [2.75, 3.05) is 4.90 Å². The molecule has 210 valence electrons. The third-order valence-corrected chi connectivity index (χ3v) is 7.56. The molecule has 1 unspecified atom stereocenters. The summed E-state index contributed by atoms with van der Waals surface area (Å²) >= 11 is 0. The molecule has 0 saturated carbocycles. The average Bonchev–Trinajstić information content (AvgIpc) is 3.67. The topological polar surface area (TPSA) is 109 Å². The number of para-hydroxylation sites is 3. The molecule has 9 heteroatoms. The fraction of sp³-hybridized carbons (Fsp3) is 0.0882. The maximum absolute atomic E-state index is 14.5. The van der Waals surface area contributed by atoms with Crippen molar-refractivity contribution in [3.8, 4) is 0 Å². The van der Waals surface area contributed by atoms with E-state index in [1.54, 1.807) is 17.1 Å². The number of rotatable bonds is 8. The van der Waals surface area contributed by atoms with Gasteiger partial charge in [0, 0.05) is 34.6 Å². The van der Waals surface area contributed by atoms with Crippen LogP contribution >= 0.6 is 0 Å². The minimum absolute atomic E-state index is 0.127. The lowest BCUT2D eigenvalue weighted by molar-refractivity contribution is -0.127. The van der Waals surface area contributed by atoms with E-state index in [9.17, 15) is 9.59 Å². The molecule has 9 nitrogen and oxygen atoms in total. The first-order valence-corrected chi connectivity index (χ1v) is 14.0. The lowest BCUT2D eigenvalue weighted by atomic mass is 10.0. The van der Waals surface area contributed by atoms with E-state index in [0.29, 0.717) is 23.3 Å². The van der Waals surface area contributed by atoms with Crippen LogP contribution in [0.25, 0.3) is 32.8 Å². The number of fused-ring (bicyclic) bond motifs is 3. The highest BCUT2D eigenvalue weighted by atomic mass is 16.2. The third kappa shape index (κ3) is 5.08. The van der Waals surface area contributed by atoms with Gasteiger partial charge in [0.1, 0.15) is 18.1 Å². The van der Waals surface area contributed by atoms with Gasteiger partial charge in [-0.3, -0.25) is 19.5 Å². The summed E-state index contributed by atoms with van der Waals surface area (Å²) < 4.78 is 1.56. The molecule has 0 radical (unpaired) electrons. The van der Waals surface area contributed by atoms with Gasteiger partial charge in [-0.15, -0.1) is 5.10 Å². The Labute approximate surface area is 246 Å². The lowest BCUT2D eigenvalue weighted by Crippen LogP contribution is -2.45. The number of hydrogen-bond acceptors (Lipinski definition) is 5. The Morgan fingerprint density at radius 3 is 2.49 bits per heavy atom. The van der Waals surface area contributed by atoms with Gasteiger partial charge in [-0.05, 0) is 35.9 Å². The minimum Gasteiger partial charge on any atom is -0.361 e. The molecule has 0 saturated heterocycles. The number of pyridine rings is 1. The summed E-state index contributed by atoms with van der Waals surface area (Å²) in [6.07, 6.45) is 3.45. The molecule has 7 aromatic rings. The van der Waals surface area contributed by atoms with Crippen LogP contribution in [0.2, 0.25) is 0 Å². The second-order valence-corrected chi connectivity index (χ2v) is 10.3. The average molecular weight is 566 g/mol. The van der Waals surface area contributed by atoms with E-state index < -0.39 is 6.04 Å². The third-order valence-electron chi connectivity index (χ3n) is 7.56. The fourth-order valence-electron chi connectivity index (χ4n) is 5.47. The van der Waals surface area contributed by atoms with Crippen LogP contribution < -0.4 is 10.2 Å². The highest BCUT2D eigenvalue weighted by Gasteiger charge is 2.35. The number of nitrogens with zero attached hydrogens (tertiary/aromatic N) is 5. The molecule has 0 aliphatic rings. The second kappa shape index (κ2) is 11.2. The van der Waals surface area contributed by atoms with Crippen molar-refractivity contribution in [3.63, 3.8) is 0 Å². The van der Waals surface area contributed by atoms with E-state index in [4.69, 9.17) is 0 Å². The zero-order valence-electron chi connectivity index (χ0n) is 23.1. The number of hydrogen-bond donors (Lipinski definition) is 2. The molecule has 0 bridgehead atoms. The SMILES string of the molecule is O=C(NCc1ccccc1)C(c1c[nH]c2ccccc12)N(C(=O)Cn1nnc2ccccc21)c1cnc2ccccc2c1. The molecule has 2 N–H and O–H groups in total. The van der Waals surface area contributed by atoms with E-state index in [1.165, 1.54) is 4.90 Å². The van der Waals surface area contributed by atoms with Gasteiger partial charge in [0.25, 0.3) is 0 Å². The van der Waals surface area contributed by atoms with Gasteiger partial charge in [0.15, 0.2) is 0 Å². The highest BCUT2D eigenvalue weighted by Crippen LogP contribution is 2.34. The molecular weight excluding hydrogens is 538 g/mol. The van der Waals surface area contributed by atoms with Crippen molar-refractivity contribution in [3.05, 3.63) is 133 Å². The Bertz CT molecular complexity index is 2080. The zero-order valence-corrected chi connectivity index (χ0v) is 23.1. The molecule has 3 heterocycles. The summed E-state index contributed by atoms with van der Waals surface area (Å²) in [5.74, 6) is -0.656. The zero-order chi connectivity index (χ0) is 29.2. The van der Waals surface area contributed by atoms with Gasteiger partial charge in [-0.2, -0.15) is 0 Å². The smallest absolute Gasteiger partial charge is 0.249 e. The van der Waals surface area contributed by atoms with Crippen molar-refractivity contribution < 1.29 is 9.59 Å². The van der Waals surface area contributed by atoms with Gasteiger partial charge < -0.3 is 10.3 Å². The van der Waals surface area contributed by atoms with Gasteiger partial charge >= 0.3 is 0 Å². The van der Waals surface area contributed by atoms with Crippen molar-refractivity contribution in [1.29, 1.82) is 0 Å². The summed E-state index contributed by atoms with van der Waals surface area (Å²) in [6, 6.07) is 33.5. The van der Waals surface area contributed by atoms with Gasteiger partial charge in [-0.25, -0.2) is 4.68 Å². The van der Waals surface area contributed by atoms with Crippen LogP contribution in [-0.4, -0.2) is 36.8 Å². The predicted molar refractivity (Wildman–Crippen MR) is 166 cm³/mol. The molecule has 4 aromatic carbocycles. The number of nitrogens with one attached hydrogen (secondary N) is 2. The highest BCUT2D eigenvalue weighted by molar-refractivity contribution is 6.04. The first-order chi connectivity index (χ1) is 21.2. The molecule has 3 aromatic heterocycles. The summed E-state index contributed by atoms with van der Waals surface area (Å²) in [5, 5.41) is 13.3. The number of carbonyl (C=O) groups excluding carboxylic acids is 2.